The van der Waals surface area contributed by atoms with Crippen LogP contribution in [-0.2, 0) is 0 Å². The third kappa shape index (κ3) is 1.79. The Kier molecular flexibility index (Phi) is 2.54. The summed E-state index contributed by atoms with van der Waals surface area (Å²) in [5.41, 5.74) is 2.38. The third-order valence-corrected chi connectivity index (χ3v) is 3.18. The van der Waals surface area contributed by atoms with E-state index in [1.54, 1.807) is 6.20 Å². The zero-order valence-corrected chi connectivity index (χ0v) is 9.85. The van der Waals surface area contributed by atoms with Gasteiger partial charge in [0.2, 0.25) is 0 Å². The number of halogens is 1. The zero-order chi connectivity index (χ0) is 11.7. The standard InChI is InChI=1S/C15H10ClN/c16-15-7-6-12(11-4-2-1-3-5-11)13-8-9-17-10-14(13)15/h1-10H. The lowest BCUT2D eigenvalue weighted by Crippen LogP contribution is -1.83. The highest BCUT2D eigenvalue weighted by Gasteiger charge is 2.05. The molecule has 17 heavy (non-hydrogen) atoms. The van der Waals surface area contributed by atoms with Gasteiger partial charge in [-0.1, -0.05) is 48.0 Å². The van der Waals surface area contributed by atoms with Gasteiger partial charge in [-0.15, -0.1) is 0 Å². The molecule has 0 amide bonds. The van der Waals surface area contributed by atoms with Crippen molar-refractivity contribution in [2.45, 2.75) is 0 Å². The fourth-order valence-corrected chi connectivity index (χ4v) is 2.24. The summed E-state index contributed by atoms with van der Waals surface area (Å²) in [7, 11) is 0. The zero-order valence-electron chi connectivity index (χ0n) is 9.10. The van der Waals surface area contributed by atoms with Gasteiger partial charge >= 0.3 is 0 Å². The molecule has 0 spiro atoms. The normalized spacial score (nSPS) is 10.6. The summed E-state index contributed by atoms with van der Waals surface area (Å²) in [5, 5.41) is 2.88. The van der Waals surface area contributed by atoms with Crippen LogP contribution in [0.5, 0.6) is 0 Å². The molecule has 0 N–H and O–H groups in total. The first-order valence-electron chi connectivity index (χ1n) is 5.44. The molecule has 0 unspecified atom stereocenters. The number of nitrogens with zero attached hydrogens (tertiary/aromatic N) is 1. The molecule has 82 valence electrons. The van der Waals surface area contributed by atoms with Crippen molar-refractivity contribution in [3.8, 4) is 11.1 Å². The highest BCUT2D eigenvalue weighted by molar-refractivity contribution is 6.36. The quantitative estimate of drug-likeness (QED) is 0.607. The largest absolute Gasteiger partial charge is 0.264 e. The molecule has 0 aliphatic rings. The van der Waals surface area contributed by atoms with E-state index in [2.05, 4.69) is 23.2 Å². The summed E-state index contributed by atoms with van der Waals surface area (Å²) in [5.74, 6) is 0. The van der Waals surface area contributed by atoms with Gasteiger partial charge in [0.25, 0.3) is 0 Å². The molecule has 1 heterocycles. The van der Waals surface area contributed by atoms with Crippen LogP contribution in [0.4, 0.5) is 0 Å². The highest BCUT2D eigenvalue weighted by atomic mass is 35.5. The molecular formula is C15H10ClN. The van der Waals surface area contributed by atoms with Gasteiger partial charge in [-0.2, -0.15) is 0 Å². The number of hydrogen-bond donors (Lipinski definition) is 0. The van der Waals surface area contributed by atoms with E-state index < -0.39 is 0 Å². The van der Waals surface area contributed by atoms with Gasteiger partial charge in [-0.3, -0.25) is 4.98 Å². The summed E-state index contributed by atoms with van der Waals surface area (Å²) in [6.45, 7) is 0. The Hall–Kier alpha value is -1.86. The van der Waals surface area contributed by atoms with Crippen LogP contribution in [0.2, 0.25) is 5.02 Å². The average molecular weight is 240 g/mol. The molecule has 0 saturated carbocycles. The molecule has 0 fully saturated rings. The van der Waals surface area contributed by atoms with Crippen molar-refractivity contribution < 1.29 is 0 Å². The van der Waals surface area contributed by atoms with E-state index in [0.717, 1.165) is 15.8 Å². The Balaban J connectivity index is 2.35. The van der Waals surface area contributed by atoms with Crippen molar-refractivity contribution in [1.29, 1.82) is 0 Å². The van der Waals surface area contributed by atoms with Crippen molar-refractivity contribution in [2.75, 3.05) is 0 Å². The minimum Gasteiger partial charge on any atom is -0.264 e. The first-order valence-corrected chi connectivity index (χ1v) is 5.82. The molecule has 0 radical (unpaired) electrons. The highest BCUT2D eigenvalue weighted by Crippen LogP contribution is 2.32. The summed E-state index contributed by atoms with van der Waals surface area (Å²) < 4.78 is 0. The number of pyridine rings is 1. The molecule has 3 rings (SSSR count). The Morgan fingerprint density at radius 2 is 1.65 bits per heavy atom. The van der Waals surface area contributed by atoms with Gasteiger partial charge in [0.05, 0.1) is 0 Å². The van der Waals surface area contributed by atoms with Crippen LogP contribution >= 0.6 is 11.6 Å². The molecule has 3 aromatic rings. The average Bonchev–Trinajstić information content (AvgIpc) is 2.41. The second-order valence-corrected chi connectivity index (χ2v) is 4.29. The fraction of sp³-hybridized carbons (Fsp3) is 0. The lowest BCUT2D eigenvalue weighted by Gasteiger charge is -2.07. The Morgan fingerprint density at radius 3 is 2.47 bits per heavy atom. The van der Waals surface area contributed by atoms with Crippen LogP contribution in [0.25, 0.3) is 21.9 Å². The molecule has 1 aromatic heterocycles. The summed E-state index contributed by atoms with van der Waals surface area (Å²) in [4.78, 5) is 4.12. The maximum Gasteiger partial charge on any atom is 0.0500 e. The van der Waals surface area contributed by atoms with Crippen LogP contribution in [0, 0.1) is 0 Å². The second kappa shape index (κ2) is 4.19. The maximum absolute atomic E-state index is 6.18. The smallest absolute Gasteiger partial charge is 0.0500 e. The first-order chi connectivity index (χ1) is 8.36. The van der Waals surface area contributed by atoms with Gasteiger partial charge in [0, 0.05) is 22.8 Å². The van der Waals surface area contributed by atoms with Gasteiger partial charge in [-0.05, 0) is 28.6 Å². The van der Waals surface area contributed by atoms with Gasteiger partial charge in [0.1, 0.15) is 0 Å². The minimum atomic E-state index is 0.743. The second-order valence-electron chi connectivity index (χ2n) is 3.88. The number of fused-ring (bicyclic) bond motifs is 1. The maximum atomic E-state index is 6.18. The van der Waals surface area contributed by atoms with Crippen molar-refractivity contribution >= 4 is 22.4 Å². The summed E-state index contributed by atoms with van der Waals surface area (Å²) in [6.07, 6.45) is 3.61. The van der Waals surface area contributed by atoms with Gasteiger partial charge in [0.15, 0.2) is 0 Å². The molecule has 0 atom stereocenters. The molecule has 2 heteroatoms. The van der Waals surface area contributed by atoms with E-state index in [4.69, 9.17) is 11.6 Å². The van der Waals surface area contributed by atoms with E-state index >= 15 is 0 Å². The molecule has 1 nitrogen and oxygen atoms in total. The molecule has 0 aliphatic heterocycles. The molecular weight excluding hydrogens is 230 g/mol. The number of aromatic nitrogens is 1. The van der Waals surface area contributed by atoms with Crippen LogP contribution < -0.4 is 0 Å². The SMILES string of the molecule is Clc1ccc(-c2ccccc2)c2ccncc12. The van der Waals surface area contributed by atoms with Crippen molar-refractivity contribution in [3.63, 3.8) is 0 Å². The molecule has 0 aliphatic carbocycles. The Morgan fingerprint density at radius 1 is 0.824 bits per heavy atom. The summed E-state index contributed by atoms with van der Waals surface area (Å²) >= 11 is 6.18. The number of rotatable bonds is 1. The van der Waals surface area contributed by atoms with Crippen molar-refractivity contribution in [3.05, 3.63) is 65.9 Å². The van der Waals surface area contributed by atoms with Crippen molar-refractivity contribution in [2.24, 2.45) is 0 Å². The third-order valence-electron chi connectivity index (χ3n) is 2.85. The Labute approximate surface area is 105 Å². The van der Waals surface area contributed by atoms with Gasteiger partial charge < -0.3 is 0 Å². The predicted octanol–water partition coefficient (Wildman–Crippen LogP) is 4.56. The molecule has 0 bridgehead atoms. The van der Waals surface area contributed by atoms with E-state index in [9.17, 15) is 0 Å². The van der Waals surface area contributed by atoms with Gasteiger partial charge in [-0.25, -0.2) is 0 Å². The van der Waals surface area contributed by atoms with Crippen LogP contribution in [0.3, 0.4) is 0 Å². The monoisotopic (exact) mass is 239 g/mol. The molecule has 2 aromatic carbocycles. The lowest BCUT2D eigenvalue weighted by molar-refractivity contribution is 1.36. The molecule has 0 saturated heterocycles. The minimum absolute atomic E-state index is 0.743. The predicted molar refractivity (Wildman–Crippen MR) is 72.2 cm³/mol. The van der Waals surface area contributed by atoms with Crippen LogP contribution in [0.1, 0.15) is 0 Å². The van der Waals surface area contributed by atoms with Crippen molar-refractivity contribution in [1.82, 2.24) is 4.98 Å². The van der Waals surface area contributed by atoms with E-state index in [1.165, 1.54) is 11.1 Å². The topological polar surface area (TPSA) is 12.9 Å². The van der Waals surface area contributed by atoms with E-state index in [0.29, 0.717) is 0 Å². The number of benzene rings is 2. The Bertz CT molecular complexity index is 662. The van der Waals surface area contributed by atoms with E-state index in [-0.39, 0.29) is 0 Å². The van der Waals surface area contributed by atoms with Crippen LogP contribution in [0.15, 0.2) is 60.9 Å². The summed E-state index contributed by atoms with van der Waals surface area (Å²) in [6, 6.07) is 16.3. The lowest BCUT2D eigenvalue weighted by atomic mass is 10.00. The van der Waals surface area contributed by atoms with Crippen LogP contribution in [-0.4, -0.2) is 4.98 Å². The first kappa shape index (κ1) is 10.3. The van der Waals surface area contributed by atoms with E-state index in [1.807, 2.05) is 36.5 Å². The fourth-order valence-electron chi connectivity index (χ4n) is 2.03. The number of hydrogen-bond acceptors (Lipinski definition) is 1.